The minimum atomic E-state index is 0.0784. The molecular weight excluding hydrogens is 293 g/mol. The fraction of sp³-hybridized carbons (Fsp3) is 0.250. The van der Waals surface area contributed by atoms with Crippen LogP contribution in [0.1, 0.15) is 12.0 Å². The molecule has 0 fully saturated rings. The van der Waals surface area contributed by atoms with Gasteiger partial charge >= 0.3 is 0 Å². The summed E-state index contributed by atoms with van der Waals surface area (Å²) in [6.07, 6.45) is 2.02. The van der Waals surface area contributed by atoms with E-state index in [0.29, 0.717) is 16.6 Å². The smallest absolute Gasteiger partial charge is 0.130 e. The van der Waals surface area contributed by atoms with Gasteiger partial charge in [0.1, 0.15) is 11.9 Å². The molecule has 0 spiro atoms. The standard InChI is InChI=1S/C16H15Cl2NO/c17-11-5-7-13(15(18)8-11)14-3-1-2-10-4-6-12(9-19)20-16(10)14/h1-3,5,7-8,12H,4,6,9,19H2/t12-/m1/s1. The highest BCUT2D eigenvalue weighted by Gasteiger charge is 2.22. The lowest BCUT2D eigenvalue weighted by atomic mass is 9.95. The zero-order valence-electron chi connectivity index (χ0n) is 10.9. The van der Waals surface area contributed by atoms with Crippen molar-refractivity contribution in [3.8, 4) is 16.9 Å². The first-order valence-corrected chi connectivity index (χ1v) is 7.38. The molecule has 0 radical (unpaired) electrons. The monoisotopic (exact) mass is 307 g/mol. The minimum Gasteiger partial charge on any atom is -0.488 e. The maximum absolute atomic E-state index is 6.31. The Bertz CT molecular complexity index is 642. The van der Waals surface area contributed by atoms with Crippen molar-refractivity contribution in [1.82, 2.24) is 0 Å². The Morgan fingerprint density at radius 2 is 2.00 bits per heavy atom. The third kappa shape index (κ3) is 2.51. The lowest BCUT2D eigenvalue weighted by molar-refractivity contribution is 0.182. The molecule has 104 valence electrons. The topological polar surface area (TPSA) is 35.2 Å². The number of nitrogens with two attached hydrogens (primary N) is 1. The van der Waals surface area contributed by atoms with Gasteiger partial charge in [-0.25, -0.2) is 0 Å². The van der Waals surface area contributed by atoms with E-state index in [1.54, 1.807) is 6.07 Å². The lowest BCUT2D eigenvalue weighted by Crippen LogP contribution is -2.30. The van der Waals surface area contributed by atoms with Gasteiger partial charge in [-0.3, -0.25) is 0 Å². The molecule has 0 amide bonds. The summed E-state index contributed by atoms with van der Waals surface area (Å²) in [4.78, 5) is 0. The van der Waals surface area contributed by atoms with Crippen LogP contribution in [0.3, 0.4) is 0 Å². The van der Waals surface area contributed by atoms with Crippen molar-refractivity contribution in [2.24, 2.45) is 5.73 Å². The molecule has 2 N–H and O–H groups in total. The van der Waals surface area contributed by atoms with Crippen LogP contribution in [0.15, 0.2) is 36.4 Å². The predicted molar refractivity (Wildman–Crippen MR) is 83.7 cm³/mol. The number of halogens is 2. The van der Waals surface area contributed by atoms with Gasteiger partial charge in [-0.15, -0.1) is 0 Å². The molecule has 1 atom stereocenters. The van der Waals surface area contributed by atoms with E-state index >= 15 is 0 Å². The zero-order valence-corrected chi connectivity index (χ0v) is 12.4. The van der Waals surface area contributed by atoms with Gasteiger partial charge < -0.3 is 10.5 Å². The lowest BCUT2D eigenvalue weighted by Gasteiger charge is -2.27. The number of hydrogen-bond donors (Lipinski definition) is 1. The van der Waals surface area contributed by atoms with E-state index in [4.69, 9.17) is 33.7 Å². The van der Waals surface area contributed by atoms with Crippen LogP contribution < -0.4 is 10.5 Å². The van der Waals surface area contributed by atoms with Crippen molar-refractivity contribution in [2.45, 2.75) is 18.9 Å². The van der Waals surface area contributed by atoms with Gasteiger partial charge in [0.05, 0.1) is 5.02 Å². The zero-order chi connectivity index (χ0) is 14.1. The molecular formula is C16H15Cl2NO. The van der Waals surface area contributed by atoms with Gasteiger partial charge in [0, 0.05) is 22.7 Å². The number of fused-ring (bicyclic) bond motifs is 1. The van der Waals surface area contributed by atoms with E-state index in [9.17, 15) is 0 Å². The molecule has 3 rings (SSSR count). The molecule has 0 saturated heterocycles. The summed E-state index contributed by atoms with van der Waals surface area (Å²) in [5.41, 5.74) is 8.87. The second-order valence-corrected chi connectivity index (χ2v) is 5.78. The molecule has 0 aromatic heterocycles. The second kappa shape index (κ2) is 5.65. The summed E-state index contributed by atoms with van der Waals surface area (Å²) in [7, 11) is 0. The van der Waals surface area contributed by atoms with E-state index in [1.807, 2.05) is 24.3 Å². The molecule has 4 heteroatoms. The van der Waals surface area contributed by atoms with Crippen LogP contribution in [0.25, 0.3) is 11.1 Å². The first kappa shape index (κ1) is 13.7. The van der Waals surface area contributed by atoms with E-state index in [2.05, 4.69) is 6.07 Å². The summed E-state index contributed by atoms with van der Waals surface area (Å²) < 4.78 is 6.04. The molecule has 0 unspecified atom stereocenters. The van der Waals surface area contributed by atoms with Gasteiger partial charge in [-0.05, 0) is 30.5 Å². The Hall–Kier alpha value is -1.22. The van der Waals surface area contributed by atoms with Crippen LogP contribution in [0.2, 0.25) is 10.0 Å². The highest BCUT2D eigenvalue weighted by Crippen LogP contribution is 2.40. The predicted octanol–water partition coefficient (Wildman–Crippen LogP) is 4.31. The average molecular weight is 308 g/mol. The summed E-state index contributed by atoms with van der Waals surface area (Å²) >= 11 is 12.3. The van der Waals surface area contributed by atoms with Crippen molar-refractivity contribution < 1.29 is 4.74 Å². The van der Waals surface area contributed by atoms with Crippen LogP contribution >= 0.6 is 23.2 Å². The number of rotatable bonds is 2. The third-order valence-corrected chi connectivity index (χ3v) is 4.15. The van der Waals surface area contributed by atoms with Crippen LogP contribution in [-0.2, 0) is 6.42 Å². The van der Waals surface area contributed by atoms with Gasteiger partial charge in [-0.2, -0.15) is 0 Å². The van der Waals surface area contributed by atoms with Crippen molar-refractivity contribution in [3.63, 3.8) is 0 Å². The van der Waals surface area contributed by atoms with Crippen LogP contribution in [0.5, 0.6) is 5.75 Å². The minimum absolute atomic E-state index is 0.0784. The molecule has 0 aliphatic carbocycles. The molecule has 1 aliphatic rings. The highest BCUT2D eigenvalue weighted by molar-refractivity contribution is 6.36. The van der Waals surface area contributed by atoms with Crippen molar-refractivity contribution in [3.05, 3.63) is 52.0 Å². The maximum Gasteiger partial charge on any atom is 0.130 e. The Labute approximate surface area is 128 Å². The highest BCUT2D eigenvalue weighted by atomic mass is 35.5. The molecule has 2 aromatic rings. The van der Waals surface area contributed by atoms with Crippen LogP contribution in [0, 0.1) is 0 Å². The Balaban J connectivity index is 2.10. The number of aryl methyl sites for hydroxylation is 1. The summed E-state index contributed by atoms with van der Waals surface area (Å²) in [5, 5.41) is 1.26. The Morgan fingerprint density at radius 1 is 1.15 bits per heavy atom. The summed E-state index contributed by atoms with van der Waals surface area (Å²) in [6.45, 7) is 0.530. The first-order chi connectivity index (χ1) is 9.69. The van der Waals surface area contributed by atoms with E-state index in [0.717, 1.165) is 29.7 Å². The first-order valence-electron chi connectivity index (χ1n) is 6.63. The fourth-order valence-corrected chi connectivity index (χ4v) is 3.06. The molecule has 0 saturated carbocycles. The summed E-state index contributed by atoms with van der Waals surface area (Å²) in [6, 6.07) is 11.7. The van der Waals surface area contributed by atoms with Crippen molar-refractivity contribution in [1.29, 1.82) is 0 Å². The second-order valence-electron chi connectivity index (χ2n) is 4.93. The molecule has 2 nitrogen and oxygen atoms in total. The number of para-hydroxylation sites is 1. The quantitative estimate of drug-likeness (QED) is 0.897. The molecule has 20 heavy (non-hydrogen) atoms. The molecule has 2 aromatic carbocycles. The van der Waals surface area contributed by atoms with E-state index < -0.39 is 0 Å². The Morgan fingerprint density at radius 3 is 2.75 bits per heavy atom. The SMILES string of the molecule is NC[C@H]1CCc2cccc(-c3ccc(Cl)cc3Cl)c2O1. The largest absolute Gasteiger partial charge is 0.488 e. The molecule has 1 heterocycles. The number of benzene rings is 2. The number of hydrogen-bond acceptors (Lipinski definition) is 2. The normalized spacial score (nSPS) is 17.4. The van der Waals surface area contributed by atoms with Crippen molar-refractivity contribution in [2.75, 3.05) is 6.54 Å². The fourth-order valence-electron chi connectivity index (χ4n) is 2.55. The van der Waals surface area contributed by atoms with Gasteiger partial charge in [0.2, 0.25) is 0 Å². The third-order valence-electron chi connectivity index (χ3n) is 3.60. The van der Waals surface area contributed by atoms with Crippen molar-refractivity contribution >= 4 is 23.2 Å². The van der Waals surface area contributed by atoms with Gasteiger partial charge in [0.15, 0.2) is 0 Å². The van der Waals surface area contributed by atoms with E-state index in [-0.39, 0.29) is 6.10 Å². The van der Waals surface area contributed by atoms with E-state index in [1.165, 1.54) is 5.56 Å². The molecule has 0 bridgehead atoms. The van der Waals surface area contributed by atoms with Gasteiger partial charge in [0.25, 0.3) is 0 Å². The average Bonchev–Trinajstić information content (AvgIpc) is 2.46. The summed E-state index contributed by atoms with van der Waals surface area (Å²) in [5.74, 6) is 0.901. The maximum atomic E-state index is 6.31. The molecule has 1 aliphatic heterocycles. The van der Waals surface area contributed by atoms with Crippen LogP contribution in [-0.4, -0.2) is 12.6 Å². The Kier molecular flexibility index (Phi) is 3.88. The number of ether oxygens (including phenoxy) is 1. The van der Waals surface area contributed by atoms with Gasteiger partial charge in [-0.1, -0.05) is 47.5 Å². The van der Waals surface area contributed by atoms with Crippen LogP contribution in [0.4, 0.5) is 0 Å².